The number of nitrogens with zero attached hydrogens (tertiary/aromatic N) is 1. The van der Waals surface area contributed by atoms with Crippen LogP contribution in [0.2, 0.25) is 0 Å². The Morgan fingerprint density at radius 1 is 1.42 bits per heavy atom. The second-order valence-electron chi connectivity index (χ2n) is 3.89. The summed E-state index contributed by atoms with van der Waals surface area (Å²) >= 11 is 0. The summed E-state index contributed by atoms with van der Waals surface area (Å²) < 4.78 is 43.2. The second-order valence-corrected chi connectivity index (χ2v) is 3.89. The molecule has 2 aromatic rings. The fourth-order valence-corrected chi connectivity index (χ4v) is 1.68. The zero-order valence-electron chi connectivity index (χ0n) is 10.1. The first-order valence-corrected chi connectivity index (χ1v) is 5.43. The molecule has 0 unspecified atom stereocenters. The lowest BCUT2D eigenvalue weighted by Crippen LogP contribution is -2.13. The van der Waals surface area contributed by atoms with Crippen molar-refractivity contribution in [2.75, 3.05) is 0 Å². The summed E-state index contributed by atoms with van der Waals surface area (Å²) in [4.78, 5) is 0. The van der Waals surface area contributed by atoms with Crippen LogP contribution in [0, 0.1) is 0 Å². The van der Waals surface area contributed by atoms with Gasteiger partial charge in [-0.3, -0.25) is 5.10 Å². The maximum atomic E-state index is 12.7. The van der Waals surface area contributed by atoms with Crippen molar-refractivity contribution in [3.05, 3.63) is 48.4 Å². The van der Waals surface area contributed by atoms with E-state index in [1.165, 1.54) is 6.92 Å². The van der Waals surface area contributed by atoms with Crippen LogP contribution in [0.5, 0.6) is 5.75 Å². The Bertz CT molecular complexity index is 641. The van der Waals surface area contributed by atoms with Crippen LogP contribution in [0.15, 0.2) is 48.4 Å². The summed E-state index contributed by atoms with van der Waals surface area (Å²) in [5.74, 6) is 0.0698. The van der Waals surface area contributed by atoms with Gasteiger partial charge in [0.2, 0.25) is 0 Å². The average molecular weight is 268 g/mol. The van der Waals surface area contributed by atoms with Crippen molar-refractivity contribution in [1.82, 2.24) is 10.2 Å². The first-order chi connectivity index (χ1) is 8.91. The molecule has 0 aliphatic rings. The number of hydrogen-bond donors (Lipinski definition) is 1. The lowest BCUT2D eigenvalue weighted by atomic mass is 10.2. The number of fused-ring (bicyclic) bond motifs is 1. The fourth-order valence-electron chi connectivity index (χ4n) is 1.68. The molecule has 0 atom stereocenters. The SMILES string of the molecule is C=C/C(=C(/C)Oc1ccc2[nH]ncc2c1)C(F)(F)F. The van der Waals surface area contributed by atoms with Gasteiger partial charge < -0.3 is 4.74 Å². The topological polar surface area (TPSA) is 37.9 Å². The Morgan fingerprint density at radius 3 is 2.79 bits per heavy atom. The summed E-state index contributed by atoms with van der Waals surface area (Å²) in [5, 5.41) is 7.33. The lowest BCUT2D eigenvalue weighted by Gasteiger charge is -2.13. The van der Waals surface area contributed by atoms with Gasteiger partial charge in [-0.25, -0.2) is 0 Å². The molecule has 0 saturated carbocycles. The van der Waals surface area contributed by atoms with Crippen molar-refractivity contribution in [2.45, 2.75) is 13.1 Å². The third-order valence-electron chi connectivity index (χ3n) is 2.57. The van der Waals surface area contributed by atoms with Crippen LogP contribution in [0.3, 0.4) is 0 Å². The zero-order chi connectivity index (χ0) is 14.0. The second kappa shape index (κ2) is 4.79. The first kappa shape index (κ1) is 13.2. The Labute approximate surface area is 107 Å². The summed E-state index contributed by atoms with van der Waals surface area (Å²) in [6.45, 7) is 4.41. The van der Waals surface area contributed by atoms with Crippen molar-refractivity contribution in [2.24, 2.45) is 0 Å². The molecule has 1 N–H and O–H groups in total. The molecule has 100 valence electrons. The van der Waals surface area contributed by atoms with E-state index in [4.69, 9.17) is 4.74 Å². The number of alkyl halides is 3. The van der Waals surface area contributed by atoms with E-state index in [1.807, 2.05) is 0 Å². The smallest absolute Gasteiger partial charge is 0.419 e. The van der Waals surface area contributed by atoms with E-state index < -0.39 is 11.7 Å². The fraction of sp³-hybridized carbons (Fsp3) is 0.154. The number of benzene rings is 1. The van der Waals surface area contributed by atoms with E-state index in [2.05, 4.69) is 16.8 Å². The van der Waals surface area contributed by atoms with E-state index in [1.54, 1.807) is 24.4 Å². The number of hydrogen-bond acceptors (Lipinski definition) is 2. The maximum absolute atomic E-state index is 12.7. The molecule has 0 radical (unpaired) electrons. The Hall–Kier alpha value is -2.24. The van der Waals surface area contributed by atoms with E-state index in [9.17, 15) is 13.2 Å². The number of allylic oxidation sites excluding steroid dienone is 3. The van der Waals surface area contributed by atoms with Crippen molar-refractivity contribution in [1.29, 1.82) is 0 Å². The predicted molar refractivity (Wildman–Crippen MR) is 65.7 cm³/mol. The number of aromatic amines is 1. The summed E-state index contributed by atoms with van der Waals surface area (Å²) in [6, 6.07) is 4.87. The molecule has 1 heterocycles. The van der Waals surface area contributed by atoms with Crippen LogP contribution in [0.1, 0.15) is 6.92 Å². The summed E-state index contributed by atoms with van der Waals surface area (Å²) in [5.41, 5.74) is -0.103. The number of rotatable bonds is 3. The van der Waals surface area contributed by atoms with Gasteiger partial charge in [0.25, 0.3) is 0 Å². The highest BCUT2D eigenvalue weighted by molar-refractivity contribution is 5.79. The molecule has 0 bridgehead atoms. The quantitative estimate of drug-likeness (QED) is 0.675. The minimum Gasteiger partial charge on any atom is -0.461 e. The Balaban J connectivity index is 2.33. The predicted octanol–water partition coefficient (Wildman–Crippen LogP) is 3.96. The molecule has 2 rings (SSSR count). The third-order valence-corrected chi connectivity index (χ3v) is 2.57. The van der Waals surface area contributed by atoms with E-state index in [0.717, 1.165) is 17.0 Å². The van der Waals surface area contributed by atoms with Gasteiger partial charge in [0.15, 0.2) is 0 Å². The minimum absolute atomic E-state index is 0.245. The largest absolute Gasteiger partial charge is 0.461 e. The zero-order valence-corrected chi connectivity index (χ0v) is 10.1. The van der Waals surface area contributed by atoms with Crippen molar-refractivity contribution >= 4 is 10.9 Å². The molecule has 0 amide bonds. The van der Waals surface area contributed by atoms with Gasteiger partial charge in [-0.05, 0) is 25.1 Å². The molecular weight excluding hydrogens is 257 g/mol. The van der Waals surface area contributed by atoms with Crippen molar-refractivity contribution in [3.8, 4) is 5.75 Å². The number of H-pyrrole nitrogens is 1. The van der Waals surface area contributed by atoms with Crippen LogP contribution < -0.4 is 4.74 Å². The molecule has 0 saturated heterocycles. The van der Waals surface area contributed by atoms with Crippen LogP contribution >= 0.6 is 0 Å². The summed E-state index contributed by atoms with van der Waals surface area (Å²) in [6.07, 6.45) is -2.17. The highest BCUT2D eigenvalue weighted by Crippen LogP contribution is 2.30. The van der Waals surface area contributed by atoms with Crippen molar-refractivity contribution in [3.63, 3.8) is 0 Å². The highest BCUT2D eigenvalue weighted by atomic mass is 19.4. The average Bonchev–Trinajstić information content (AvgIpc) is 2.74. The molecule has 3 nitrogen and oxygen atoms in total. The van der Waals surface area contributed by atoms with E-state index >= 15 is 0 Å². The number of ether oxygens (including phenoxy) is 1. The first-order valence-electron chi connectivity index (χ1n) is 5.43. The third kappa shape index (κ3) is 2.78. The van der Waals surface area contributed by atoms with Gasteiger partial charge in [0.05, 0.1) is 17.3 Å². The van der Waals surface area contributed by atoms with Crippen LogP contribution in [-0.2, 0) is 0 Å². The van der Waals surface area contributed by atoms with Gasteiger partial charge in [0, 0.05) is 5.39 Å². The van der Waals surface area contributed by atoms with Crippen LogP contribution in [-0.4, -0.2) is 16.4 Å². The number of nitrogens with one attached hydrogen (secondary N) is 1. The van der Waals surface area contributed by atoms with E-state index in [-0.39, 0.29) is 5.76 Å². The van der Waals surface area contributed by atoms with Gasteiger partial charge >= 0.3 is 6.18 Å². The van der Waals surface area contributed by atoms with Gasteiger partial charge in [0.1, 0.15) is 11.5 Å². The van der Waals surface area contributed by atoms with E-state index in [0.29, 0.717) is 5.75 Å². The van der Waals surface area contributed by atoms with Crippen LogP contribution in [0.4, 0.5) is 13.2 Å². The van der Waals surface area contributed by atoms with Crippen molar-refractivity contribution < 1.29 is 17.9 Å². The number of halogens is 3. The molecule has 6 heteroatoms. The molecule has 1 aromatic carbocycles. The Kier molecular flexibility index (Phi) is 3.33. The lowest BCUT2D eigenvalue weighted by molar-refractivity contribution is -0.0904. The Morgan fingerprint density at radius 2 is 2.16 bits per heavy atom. The molecule has 19 heavy (non-hydrogen) atoms. The van der Waals surface area contributed by atoms with Gasteiger partial charge in [-0.2, -0.15) is 18.3 Å². The standard InChI is InChI=1S/C13H11F3N2O/c1-3-11(13(14,15)16)8(2)19-10-4-5-12-9(6-10)7-17-18-12/h3-7H,1H2,2H3,(H,17,18)/b11-8+. The molecular formula is C13H11F3N2O. The maximum Gasteiger partial charge on any atom is 0.419 e. The summed E-state index contributed by atoms with van der Waals surface area (Å²) in [7, 11) is 0. The normalized spacial score (nSPS) is 13.3. The molecule has 0 fully saturated rings. The molecule has 0 spiro atoms. The highest BCUT2D eigenvalue weighted by Gasteiger charge is 2.34. The molecule has 0 aliphatic carbocycles. The number of aromatic nitrogens is 2. The van der Waals surface area contributed by atoms with Gasteiger partial charge in [-0.1, -0.05) is 12.7 Å². The molecule has 0 aliphatic heterocycles. The minimum atomic E-state index is -4.48. The van der Waals surface area contributed by atoms with Crippen LogP contribution in [0.25, 0.3) is 10.9 Å². The molecule has 1 aromatic heterocycles. The van der Waals surface area contributed by atoms with Gasteiger partial charge in [-0.15, -0.1) is 0 Å². The monoisotopic (exact) mass is 268 g/mol.